The summed E-state index contributed by atoms with van der Waals surface area (Å²) in [7, 11) is 0. The molecule has 0 heterocycles. The van der Waals surface area contributed by atoms with Crippen LogP contribution in [0, 0.1) is 11.8 Å². The molecule has 0 bridgehead atoms. The number of carbonyl (C=O) groups is 2. The molecule has 1 aliphatic rings. The third-order valence-corrected chi connectivity index (χ3v) is 3.48. The van der Waals surface area contributed by atoms with Crippen molar-refractivity contribution >= 4 is 17.8 Å². The van der Waals surface area contributed by atoms with Crippen LogP contribution < -0.4 is 5.73 Å². The summed E-state index contributed by atoms with van der Waals surface area (Å²) in [5, 5.41) is 12.9. The predicted molar refractivity (Wildman–Crippen MR) is 82.0 cm³/mol. The van der Waals surface area contributed by atoms with Crippen molar-refractivity contribution in [2.75, 3.05) is 19.8 Å². The summed E-state index contributed by atoms with van der Waals surface area (Å²) in [5.74, 6) is -1.53. The molecule has 0 saturated heterocycles. The van der Waals surface area contributed by atoms with Gasteiger partial charge in [-0.15, -0.1) is 0 Å². The van der Waals surface area contributed by atoms with E-state index in [0.717, 1.165) is 18.9 Å². The van der Waals surface area contributed by atoms with Gasteiger partial charge in [0.05, 0.1) is 19.3 Å². The van der Waals surface area contributed by atoms with Gasteiger partial charge in [-0.25, -0.2) is 9.59 Å². The van der Waals surface area contributed by atoms with Gasteiger partial charge < -0.3 is 25.2 Å². The van der Waals surface area contributed by atoms with E-state index in [0.29, 0.717) is 6.42 Å². The van der Waals surface area contributed by atoms with E-state index in [2.05, 4.69) is 5.16 Å². The summed E-state index contributed by atoms with van der Waals surface area (Å²) in [5.41, 5.74) is 5.86. The van der Waals surface area contributed by atoms with Gasteiger partial charge in [0.2, 0.25) is 5.76 Å². The minimum absolute atomic E-state index is 0.0156. The first kappa shape index (κ1) is 19.0. The highest BCUT2D eigenvalue weighted by molar-refractivity contribution is 5.94. The fraction of sp³-hybridized carbons (Fsp3) is 0.667. The number of carbonyl (C=O) groups excluding carboxylic acids is 2. The second-order valence-electron chi connectivity index (χ2n) is 5.15. The SMILES string of the molecule is CCOC(=O)C=C(O/N=C(/N)[C@@H]1CC[C@H](CO)C1)C(=O)OCC. The number of oxime groups is 1. The number of esters is 2. The van der Waals surface area contributed by atoms with E-state index in [4.69, 9.17) is 25.2 Å². The van der Waals surface area contributed by atoms with Gasteiger partial charge in [-0.1, -0.05) is 5.16 Å². The van der Waals surface area contributed by atoms with Gasteiger partial charge in [0.15, 0.2) is 0 Å². The number of nitrogens with zero attached hydrogens (tertiary/aromatic N) is 1. The van der Waals surface area contributed by atoms with Crippen LogP contribution in [-0.4, -0.2) is 42.7 Å². The molecule has 0 aliphatic heterocycles. The van der Waals surface area contributed by atoms with Crippen LogP contribution in [-0.2, 0) is 23.9 Å². The van der Waals surface area contributed by atoms with E-state index >= 15 is 0 Å². The quantitative estimate of drug-likeness (QED) is 0.168. The molecule has 0 amide bonds. The van der Waals surface area contributed by atoms with Crippen LogP contribution in [0.25, 0.3) is 0 Å². The first-order valence-corrected chi connectivity index (χ1v) is 7.68. The third kappa shape index (κ3) is 6.27. The lowest BCUT2D eigenvalue weighted by atomic mass is 10.1. The molecule has 1 saturated carbocycles. The number of hydrogen-bond donors (Lipinski definition) is 2. The number of ether oxygens (including phenoxy) is 2. The van der Waals surface area contributed by atoms with E-state index in [9.17, 15) is 9.59 Å². The highest BCUT2D eigenvalue weighted by Gasteiger charge is 2.27. The maximum atomic E-state index is 11.7. The van der Waals surface area contributed by atoms with Gasteiger partial charge >= 0.3 is 11.9 Å². The predicted octanol–water partition coefficient (Wildman–Crippen LogP) is 0.694. The molecule has 0 aromatic rings. The first-order valence-electron chi connectivity index (χ1n) is 7.68. The van der Waals surface area contributed by atoms with E-state index in [1.54, 1.807) is 13.8 Å². The van der Waals surface area contributed by atoms with Crippen LogP contribution in [0.5, 0.6) is 0 Å². The van der Waals surface area contributed by atoms with Crippen LogP contribution in [0.4, 0.5) is 0 Å². The summed E-state index contributed by atoms with van der Waals surface area (Å²) in [4.78, 5) is 28.2. The van der Waals surface area contributed by atoms with Crippen LogP contribution in [0.1, 0.15) is 33.1 Å². The maximum absolute atomic E-state index is 11.7. The van der Waals surface area contributed by atoms with Crippen molar-refractivity contribution in [2.24, 2.45) is 22.7 Å². The van der Waals surface area contributed by atoms with Crippen LogP contribution >= 0.6 is 0 Å². The smallest absolute Gasteiger partial charge is 0.377 e. The molecule has 1 aliphatic carbocycles. The van der Waals surface area contributed by atoms with Crippen molar-refractivity contribution in [1.29, 1.82) is 0 Å². The number of nitrogens with two attached hydrogens (primary N) is 1. The largest absolute Gasteiger partial charge is 0.463 e. The lowest BCUT2D eigenvalue weighted by molar-refractivity contribution is -0.144. The minimum Gasteiger partial charge on any atom is -0.463 e. The Morgan fingerprint density at radius 1 is 1.26 bits per heavy atom. The number of rotatable bonds is 8. The molecule has 23 heavy (non-hydrogen) atoms. The first-order chi connectivity index (χ1) is 11.0. The number of amidine groups is 1. The Kier molecular flexibility index (Phi) is 8.10. The zero-order valence-corrected chi connectivity index (χ0v) is 13.5. The van der Waals surface area contributed by atoms with Crippen molar-refractivity contribution in [3.8, 4) is 0 Å². The highest BCUT2D eigenvalue weighted by atomic mass is 16.7. The minimum atomic E-state index is -0.822. The van der Waals surface area contributed by atoms with Gasteiger partial charge in [0.1, 0.15) is 5.84 Å². The molecular weight excluding hydrogens is 304 g/mol. The molecule has 1 rings (SSSR count). The van der Waals surface area contributed by atoms with Crippen molar-refractivity contribution < 1.29 is 29.0 Å². The lowest BCUT2D eigenvalue weighted by Crippen LogP contribution is -2.23. The summed E-state index contributed by atoms with van der Waals surface area (Å²) in [6.07, 6.45) is 3.25. The Balaban J connectivity index is 2.74. The average molecular weight is 328 g/mol. The van der Waals surface area contributed by atoms with Crippen molar-refractivity contribution in [3.63, 3.8) is 0 Å². The Bertz CT molecular complexity index is 475. The molecule has 0 aromatic heterocycles. The second-order valence-corrected chi connectivity index (χ2v) is 5.15. The Morgan fingerprint density at radius 2 is 1.96 bits per heavy atom. The van der Waals surface area contributed by atoms with Crippen molar-refractivity contribution in [2.45, 2.75) is 33.1 Å². The molecular formula is C15H24N2O6. The Morgan fingerprint density at radius 3 is 2.52 bits per heavy atom. The fourth-order valence-corrected chi connectivity index (χ4v) is 2.30. The van der Waals surface area contributed by atoms with Crippen LogP contribution in [0.2, 0.25) is 0 Å². The molecule has 3 N–H and O–H groups in total. The topological polar surface area (TPSA) is 120 Å². The maximum Gasteiger partial charge on any atom is 0.377 e. The van der Waals surface area contributed by atoms with Gasteiger partial charge in [-0.2, -0.15) is 0 Å². The summed E-state index contributed by atoms with van der Waals surface area (Å²) in [6.45, 7) is 3.68. The second kappa shape index (κ2) is 9.83. The summed E-state index contributed by atoms with van der Waals surface area (Å²) >= 11 is 0. The standard InChI is InChI=1S/C15H24N2O6/c1-3-21-13(19)8-12(15(20)22-4-2)23-17-14(16)11-6-5-10(7-11)9-18/h8,10-11,18H,3-7,9H2,1-2H3,(H2,16,17)/t10-,11+/m0/s1. The Hall–Kier alpha value is -2.09. The van der Waals surface area contributed by atoms with E-state index in [-0.39, 0.29) is 43.3 Å². The molecule has 0 unspecified atom stereocenters. The zero-order valence-electron chi connectivity index (χ0n) is 13.5. The van der Waals surface area contributed by atoms with Crippen molar-refractivity contribution in [3.05, 3.63) is 11.8 Å². The van der Waals surface area contributed by atoms with Gasteiger partial charge in [0, 0.05) is 12.5 Å². The summed E-state index contributed by atoms with van der Waals surface area (Å²) < 4.78 is 9.52. The zero-order chi connectivity index (χ0) is 17.2. The summed E-state index contributed by atoms with van der Waals surface area (Å²) in [6, 6.07) is 0. The molecule has 8 heteroatoms. The highest BCUT2D eigenvalue weighted by Crippen LogP contribution is 2.30. The molecule has 0 radical (unpaired) electrons. The Labute approximate surface area is 135 Å². The van der Waals surface area contributed by atoms with E-state index in [1.807, 2.05) is 0 Å². The van der Waals surface area contributed by atoms with Gasteiger partial charge in [0.25, 0.3) is 0 Å². The molecule has 2 atom stereocenters. The molecule has 1 fully saturated rings. The van der Waals surface area contributed by atoms with Crippen LogP contribution in [0.3, 0.4) is 0 Å². The lowest BCUT2D eigenvalue weighted by Gasteiger charge is -2.10. The van der Waals surface area contributed by atoms with Gasteiger partial charge in [-0.05, 0) is 39.0 Å². The van der Waals surface area contributed by atoms with Crippen molar-refractivity contribution in [1.82, 2.24) is 0 Å². The van der Waals surface area contributed by atoms with Crippen LogP contribution in [0.15, 0.2) is 17.0 Å². The average Bonchev–Trinajstić information content (AvgIpc) is 3.00. The molecule has 130 valence electrons. The fourth-order valence-electron chi connectivity index (χ4n) is 2.30. The number of aliphatic hydroxyl groups excluding tert-OH is 1. The van der Waals surface area contributed by atoms with Gasteiger partial charge in [-0.3, -0.25) is 0 Å². The molecule has 8 nitrogen and oxygen atoms in total. The molecule has 0 aromatic carbocycles. The number of hydrogen-bond acceptors (Lipinski definition) is 7. The van der Waals surface area contributed by atoms with E-state index < -0.39 is 11.9 Å². The monoisotopic (exact) mass is 328 g/mol. The molecule has 0 spiro atoms. The third-order valence-electron chi connectivity index (χ3n) is 3.48. The number of aliphatic hydroxyl groups is 1. The normalized spacial score (nSPS) is 21.9. The van der Waals surface area contributed by atoms with E-state index in [1.165, 1.54) is 0 Å².